The van der Waals surface area contributed by atoms with Gasteiger partial charge in [-0.2, -0.15) is 0 Å². The second-order valence-electron chi connectivity index (χ2n) is 4.57. The molecule has 104 valence electrons. The number of nitrogens with one attached hydrogen (secondary N) is 1. The lowest BCUT2D eigenvalue weighted by atomic mass is 9.91. The SMILES string of the molecule is CC(Nc1ccc(Br)cc1)(C(=O)O)c1cccc(F)c1. The Kier molecular flexibility index (Phi) is 4.09. The molecule has 0 heterocycles. The van der Waals surface area contributed by atoms with Crippen LogP contribution in [-0.4, -0.2) is 11.1 Å². The summed E-state index contributed by atoms with van der Waals surface area (Å²) in [5.41, 5.74) is -0.411. The molecule has 2 aromatic carbocycles. The van der Waals surface area contributed by atoms with Gasteiger partial charge in [0.2, 0.25) is 0 Å². The molecule has 5 heteroatoms. The van der Waals surface area contributed by atoms with E-state index in [1.54, 1.807) is 30.3 Å². The number of benzene rings is 2. The maximum atomic E-state index is 13.3. The van der Waals surface area contributed by atoms with Crippen LogP contribution >= 0.6 is 15.9 Å². The maximum absolute atomic E-state index is 13.3. The molecule has 0 saturated carbocycles. The van der Waals surface area contributed by atoms with E-state index in [9.17, 15) is 14.3 Å². The molecule has 0 aliphatic carbocycles. The van der Waals surface area contributed by atoms with Gasteiger partial charge in [-0.25, -0.2) is 9.18 Å². The molecule has 0 spiro atoms. The Morgan fingerprint density at radius 3 is 2.45 bits per heavy atom. The summed E-state index contributed by atoms with van der Waals surface area (Å²) in [5, 5.41) is 12.4. The van der Waals surface area contributed by atoms with Gasteiger partial charge in [-0.05, 0) is 48.9 Å². The number of carboxylic acid groups (broad SMARTS) is 1. The van der Waals surface area contributed by atoms with Crippen LogP contribution in [0.3, 0.4) is 0 Å². The van der Waals surface area contributed by atoms with Crippen molar-refractivity contribution >= 4 is 27.6 Å². The zero-order valence-corrected chi connectivity index (χ0v) is 12.3. The number of halogens is 2. The third kappa shape index (κ3) is 2.99. The number of carboxylic acids is 1. The number of carbonyl (C=O) groups is 1. The molecule has 2 rings (SSSR count). The maximum Gasteiger partial charge on any atom is 0.333 e. The fourth-order valence-electron chi connectivity index (χ4n) is 1.87. The van der Waals surface area contributed by atoms with Gasteiger partial charge < -0.3 is 10.4 Å². The quantitative estimate of drug-likeness (QED) is 0.886. The first-order chi connectivity index (χ1) is 9.41. The van der Waals surface area contributed by atoms with E-state index in [1.807, 2.05) is 0 Å². The van der Waals surface area contributed by atoms with E-state index in [0.29, 0.717) is 11.3 Å². The fraction of sp³-hybridized carbons (Fsp3) is 0.133. The minimum atomic E-state index is -1.41. The summed E-state index contributed by atoms with van der Waals surface area (Å²) >= 11 is 3.31. The van der Waals surface area contributed by atoms with Crippen LogP contribution in [-0.2, 0) is 10.3 Å². The van der Waals surface area contributed by atoms with Crippen LogP contribution in [0.15, 0.2) is 53.0 Å². The normalized spacial score (nSPS) is 13.6. The highest BCUT2D eigenvalue weighted by Gasteiger charge is 2.35. The predicted octanol–water partition coefficient (Wildman–Crippen LogP) is 4.00. The molecular formula is C15H13BrFNO2. The highest BCUT2D eigenvalue weighted by Crippen LogP contribution is 2.27. The zero-order chi connectivity index (χ0) is 14.8. The van der Waals surface area contributed by atoms with Gasteiger partial charge in [0.1, 0.15) is 5.82 Å². The number of hydrogen-bond acceptors (Lipinski definition) is 2. The van der Waals surface area contributed by atoms with Gasteiger partial charge in [-0.1, -0.05) is 28.1 Å². The topological polar surface area (TPSA) is 49.3 Å². The first-order valence-electron chi connectivity index (χ1n) is 5.95. The predicted molar refractivity (Wildman–Crippen MR) is 79.2 cm³/mol. The largest absolute Gasteiger partial charge is 0.479 e. The average Bonchev–Trinajstić information content (AvgIpc) is 2.41. The number of rotatable bonds is 4. The third-order valence-electron chi connectivity index (χ3n) is 3.07. The molecule has 1 unspecified atom stereocenters. The summed E-state index contributed by atoms with van der Waals surface area (Å²) < 4.78 is 14.2. The number of anilines is 1. The van der Waals surface area contributed by atoms with Crippen LogP contribution in [0.25, 0.3) is 0 Å². The van der Waals surface area contributed by atoms with Crippen molar-refractivity contribution < 1.29 is 14.3 Å². The van der Waals surface area contributed by atoms with Crippen LogP contribution < -0.4 is 5.32 Å². The van der Waals surface area contributed by atoms with Gasteiger partial charge in [0.15, 0.2) is 5.54 Å². The van der Waals surface area contributed by atoms with Crippen LogP contribution in [0.5, 0.6) is 0 Å². The van der Waals surface area contributed by atoms with E-state index in [1.165, 1.54) is 25.1 Å². The minimum absolute atomic E-state index is 0.355. The van der Waals surface area contributed by atoms with Crippen molar-refractivity contribution in [1.29, 1.82) is 0 Å². The van der Waals surface area contributed by atoms with Crippen molar-refractivity contribution in [2.45, 2.75) is 12.5 Å². The van der Waals surface area contributed by atoms with Gasteiger partial charge in [-0.3, -0.25) is 0 Å². The molecule has 1 atom stereocenters. The van der Waals surface area contributed by atoms with Crippen molar-refractivity contribution in [2.24, 2.45) is 0 Å². The molecule has 0 saturated heterocycles. The standard InChI is InChI=1S/C15H13BrFNO2/c1-15(14(19)20,10-3-2-4-12(17)9-10)18-13-7-5-11(16)6-8-13/h2-9,18H,1H3,(H,19,20). The van der Waals surface area contributed by atoms with Gasteiger partial charge >= 0.3 is 5.97 Å². The summed E-state index contributed by atoms with van der Waals surface area (Å²) in [5.74, 6) is -1.54. The molecule has 2 aromatic rings. The third-order valence-corrected chi connectivity index (χ3v) is 3.60. The minimum Gasteiger partial charge on any atom is -0.479 e. The molecular weight excluding hydrogens is 325 g/mol. The Morgan fingerprint density at radius 1 is 1.25 bits per heavy atom. The zero-order valence-electron chi connectivity index (χ0n) is 10.7. The van der Waals surface area contributed by atoms with Crippen molar-refractivity contribution in [3.05, 3.63) is 64.4 Å². The van der Waals surface area contributed by atoms with Crippen LogP contribution in [0, 0.1) is 5.82 Å². The number of hydrogen-bond donors (Lipinski definition) is 2. The molecule has 0 aromatic heterocycles. The van der Waals surface area contributed by atoms with Gasteiger partial charge in [0, 0.05) is 10.2 Å². The smallest absolute Gasteiger partial charge is 0.333 e. The highest BCUT2D eigenvalue weighted by atomic mass is 79.9. The Morgan fingerprint density at radius 2 is 1.90 bits per heavy atom. The van der Waals surface area contributed by atoms with Crippen LogP contribution in [0.2, 0.25) is 0 Å². The van der Waals surface area contributed by atoms with Crippen LogP contribution in [0.1, 0.15) is 12.5 Å². The van der Waals surface area contributed by atoms with Crippen molar-refractivity contribution in [3.63, 3.8) is 0 Å². The Bertz CT molecular complexity index is 630. The summed E-state index contributed by atoms with van der Waals surface area (Å²) in [6.07, 6.45) is 0. The van der Waals surface area contributed by atoms with Crippen LogP contribution in [0.4, 0.5) is 10.1 Å². The summed E-state index contributed by atoms with van der Waals surface area (Å²) in [4.78, 5) is 11.6. The highest BCUT2D eigenvalue weighted by molar-refractivity contribution is 9.10. The van der Waals surface area contributed by atoms with E-state index < -0.39 is 17.3 Å². The molecule has 3 nitrogen and oxygen atoms in total. The van der Waals surface area contributed by atoms with Gasteiger partial charge in [0.05, 0.1) is 0 Å². The fourth-order valence-corrected chi connectivity index (χ4v) is 2.13. The molecule has 20 heavy (non-hydrogen) atoms. The lowest BCUT2D eigenvalue weighted by Gasteiger charge is -2.28. The molecule has 2 N–H and O–H groups in total. The molecule has 0 fully saturated rings. The van der Waals surface area contributed by atoms with E-state index in [4.69, 9.17) is 0 Å². The van der Waals surface area contributed by atoms with E-state index >= 15 is 0 Å². The molecule has 0 bridgehead atoms. The van der Waals surface area contributed by atoms with Gasteiger partial charge in [0.25, 0.3) is 0 Å². The van der Waals surface area contributed by atoms with Gasteiger partial charge in [-0.15, -0.1) is 0 Å². The summed E-state index contributed by atoms with van der Waals surface area (Å²) in [7, 11) is 0. The monoisotopic (exact) mass is 337 g/mol. The first-order valence-corrected chi connectivity index (χ1v) is 6.74. The Balaban J connectivity index is 2.39. The van der Waals surface area contributed by atoms with Crippen molar-refractivity contribution in [1.82, 2.24) is 0 Å². The first kappa shape index (κ1) is 14.5. The molecule has 0 aliphatic heterocycles. The lowest BCUT2D eigenvalue weighted by molar-refractivity contribution is -0.142. The van der Waals surface area contributed by atoms with E-state index in [2.05, 4.69) is 21.2 Å². The molecule has 0 radical (unpaired) electrons. The summed E-state index contributed by atoms with van der Waals surface area (Å²) in [6.45, 7) is 1.51. The molecule has 0 amide bonds. The average molecular weight is 338 g/mol. The second-order valence-corrected chi connectivity index (χ2v) is 5.49. The Hall–Kier alpha value is -1.88. The van der Waals surface area contributed by atoms with Crippen molar-refractivity contribution in [2.75, 3.05) is 5.32 Å². The van der Waals surface area contributed by atoms with E-state index in [-0.39, 0.29) is 0 Å². The second kappa shape index (κ2) is 5.63. The summed E-state index contributed by atoms with van der Waals surface area (Å²) in [6, 6.07) is 12.7. The lowest BCUT2D eigenvalue weighted by Crippen LogP contribution is -2.40. The molecule has 0 aliphatic rings. The Labute approximate surface area is 124 Å². The van der Waals surface area contributed by atoms with E-state index in [0.717, 1.165) is 4.47 Å². The van der Waals surface area contributed by atoms with Crippen molar-refractivity contribution in [3.8, 4) is 0 Å². The number of aliphatic carboxylic acids is 1.